The van der Waals surface area contributed by atoms with E-state index in [0.29, 0.717) is 6.54 Å². The molecule has 1 aromatic carbocycles. The molecule has 3 nitrogen and oxygen atoms in total. The van der Waals surface area contributed by atoms with E-state index in [4.69, 9.17) is 5.11 Å². The van der Waals surface area contributed by atoms with Gasteiger partial charge in [0.25, 0.3) is 0 Å². The van der Waals surface area contributed by atoms with E-state index in [2.05, 4.69) is 39.8 Å². The first-order valence-corrected chi connectivity index (χ1v) is 6.45. The predicted molar refractivity (Wildman–Crippen MR) is 73.9 cm³/mol. The molecule has 0 aliphatic heterocycles. The van der Waals surface area contributed by atoms with Gasteiger partial charge in [0.2, 0.25) is 0 Å². The number of rotatable bonds is 6. The van der Waals surface area contributed by atoms with Gasteiger partial charge in [-0.25, -0.2) is 0 Å². The van der Waals surface area contributed by atoms with Crippen molar-refractivity contribution in [3.63, 3.8) is 0 Å². The van der Waals surface area contributed by atoms with Crippen LogP contribution in [0.25, 0.3) is 0 Å². The first-order valence-electron chi connectivity index (χ1n) is 6.45. The molecule has 0 aliphatic rings. The van der Waals surface area contributed by atoms with Crippen LogP contribution in [0.3, 0.4) is 0 Å². The summed E-state index contributed by atoms with van der Waals surface area (Å²) in [6, 6.07) is 4.35. The number of carboxylic acids is 1. The minimum absolute atomic E-state index is 0.111. The summed E-state index contributed by atoms with van der Waals surface area (Å²) < 4.78 is 0. The molecule has 1 N–H and O–H groups in total. The molecule has 0 amide bonds. The SMILES string of the molecule is CCCN(CC(=O)O)Cc1cc(C)c(C)cc1C. The van der Waals surface area contributed by atoms with E-state index in [1.54, 1.807) is 0 Å². The maximum atomic E-state index is 10.8. The molecule has 0 heterocycles. The Kier molecular flexibility index (Phi) is 5.35. The zero-order chi connectivity index (χ0) is 13.7. The highest BCUT2D eigenvalue weighted by Gasteiger charge is 2.11. The summed E-state index contributed by atoms with van der Waals surface area (Å²) in [5, 5.41) is 8.91. The number of aryl methyl sites for hydroxylation is 3. The fourth-order valence-electron chi connectivity index (χ4n) is 2.15. The lowest BCUT2D eigenvalue weighted by atomic mass is 10.0. The molecule has 0 atom stereocenters. The highest BCUT2D eigenvalue weighted by Crippen LogP contribution is 2.17. The highest BCUT2D eigenvalue weighted by molar-refractivity contribution is 5.69. The van der Waals surface area contributed by atoms with Gasteiger partial charge in [-0.1, -0.05) is 19.1 Å². The van der Waals surface area contributed by atoms with Crippen LogP contribution in [-0.2, 0) is 11.3 Å². The fourth-order valence-corrected chi connectivity index (χ4v) is 2.15. The number of aliphatic carboxylic acids is 1. The molecule has 0 aromatic heterocycles. The Hall–Kier alpha value is -1.35. The van der Waals surface area contributed by atoms with E-state index >= 15 is 0 Å². The van der Waals surface area contributed by atoms with Crippen LogP contribution >= 0.6 is 0 Å². The normalized spacial score (nSPS) is 10.9. The molecule has 0 radical (unpaired) electrons. The van der Waals surface area contributed by atoms with E-state index in [1.165, 1.54) is 22.3 Å². The van der Waals surface area contributed by atoms with Crippen LogP contribution in [0.1, 0.15) is 35.6 Å². The first-order chi connectivity index (χ1) is 8.43. The molecular formula is C15H23NO2. The first kappa shape index (κ1) is 14.7. The van der Waals surface area contributed by atoms with Gasteiger partial charge in [0.1, 0.15) is 0 Å². The van der Waals surface area contributed by atoms with E-state index < -0.39 is 5.97 Å². The zero-order valence-electron chi connectivity index (χ0n) is 11.8. The maximum Gasteiger partial charge on any atom is 0.317 e. The van der Waals surface area contributed by atoms with Crippen LogP contribution < -0.4 is 0 Å². The summed E-state index contributed by atoms with van der Waals surface area (Å²) in [6.07, 6.45) is 0.969. The Bertz CT molecular complexity index is 427. The van der Waals surface area contributed by atoms with Crippen LogP contribution in [0.4, 0.5) is 0 Å². The molecule has 0 spiro atoms. The molecule has 18 heavy (non-hydrogen) atoms. The Morgan fingerprint density at radius 1 is 1.17 bits per heavy atom. The molecule has 1 rings (SSSR count). The fraction of sp³-hybridized carbons (Fsp3) is 0.533. The molecule has 0 fully saturated rings. The minimum Gasteiger partial charge on any atom is -0.480 e. The Labute approximate surface area is 109 Å². The Morgan fingerprint density at radius 3 is 2.33 bits per heavy atom. The number of benzene rings is 1. The third-order valence-electron chi connectivity index (χ3n) is 3.24. The molecule has 100 valence electrons. The van der Waals surface area contributed by atoms with Crippen molar-refractivity contribution in [3.8, 4) is 0 Å². The third kappa shape index (κ3) is 4.15. The van der Waals surface area contributed by atoms with Crippen LogP contribution in [-0.4, -0.2) is 29.1 Å². The van der Waals surface area contributed by atoms with E-state index in [-0.39, 0.29) is 6.54 Å². The summed E-state index contributed by atoms with van der Waals surface area (Å²) in [6.45, 7) is 10.0. The van der Waals surface area contributed by atoms with E-state index in [1.807, 2.05) is 4.90 Å². The average molecular weight is 249 g/mol. The van der Waals surface area contributed by atoms with Crippen molar-refractivity contribution in [2.45, 2.75) is 40.7 Å². The van der Waals surface area contributed by atoms with E-state index in [9.17, 15) is 4.79 Å². The number of carboxylic acid groups (broad SMARTS) is 1. The summed E-state index contributed by atoms with van der Waals surface area (Å²) in [4.78, 5) is 12.8. The molecule has 1 aromatic rings. The molecule has 0 saturated heterocycles. The summed E-state index contributed by atoms with van der Waals surface area (Å²) >= 11 is 0. The van der Waals surface area contributed by atoms with Gasteiger partial charge in [-0.3, -0.25) is 9.69 Å². The maximum absolute atomic E-state index is 10.8. The van der Waals surface area contributed by atoms with Gasteiger partial charge in [0.15, 0.2) is 0 Å². The van der Waals surface area contributed by atoms with Crippen molar-refractivity contribution in [3.05, 3.63) is 34.4 Å². The third-order valence-corrected chi connectivity index (χ3v) is 3.24. The average Bonchev–Trinajstić information content (AvgIpc) is 2.25. The van der Waals surface area contributed by atoms with Crippen LogP contribution in [0.2, 0.25) is 0 Å². The van der Waals surface area contributed by atoms with Crippen molar-refractivity contribution in [2.24, 2.45) is 0 Å². The molecule has 3 heteroatoms. The molecule has 0 aliphatic carbocycles. The summed E-state index contributed by atoms with van der Waals surface area (Å²) in [7, 11) is 0. The lowest BCUT2D eigenvalue weighted by molar-refractivity contribution is -0.138. The van der Waals surface area contributed by atoms with Gasteiger partial charge in [-0.05, 0) is 56.0 Å². The largest absolute Gasteiger partial charge is 0.480 e. The van der Waals surface area contributed by atoms with Crippen molar-refractivity contribution in [1.82, 2.24) is 4.90 Å². The van der Waals surface area contributed by atoms with Gasteiger partial charge in [-0.15, -0.1) is 0 Å². The predicted octanol–water partition coefficient (Wildman–Crippen LogP) is 2.91. The smallest absolute Gasteiger partial charge is 0.317 e. The number of hydrogen-bond acceptors (Lipinski definition) is 2. The topological polar surface area (TPSA) is 40.5 Å². The van der Waals surface area contributed by atoms with Crippen molar-refractivity contribution in [2.75, 3.05) is 13.1 Å². The van der Waals surface area contributed by atoms with Gasteiger partial charge in [-0.2, -0.15) is 0 Å². The van der Waals surface area contributed by atoms with Crippen molar-refractivity contribution in [1.29, 1.82) is 0 Å². The lowest BCUT2D eigenvalue weighted by Gasteiger charge is -2.21. The zero-order valence-corrected chi connectivity index (χ0v) is 11.8. The lowest BCUT2D eigenvalue weighted by Crippen LogP contribution is -2.30. The van der Waals surface area contributed by atoms with Crippen LogP contribution in [0.15, 0.2) is 12.1 Å². The number of carbonyl (C=O) groups is 1. The Balaban J connectivity index is 2.86. The second-order valence-corrected chi connectivity index (χ2v) is 4.97. The van der Waals surface area contributed by atoms with Crippen LogP contribution in [0, 0.1) is 20.8 Å². The number of hydrogen-bond donors (Lipinski definition) is 1. The molecule has 0 saturated carbocycles. The van der Waals surface area contributed by atoms with Gasteiger partial charge in [0.05, 0.1) is 6.54 Å². The Morgan fingerprint density at radius 2 is 1.78 bits per heavy atom. The van der Waals surface area contributed by atoms with Gasteiger partial charge in [0, 0.05) is 6.54 Å². The standard InChI is InChI=1S/C15H23NO2/c1-5-6-16(10-15(17)18)9-14-8-12(3)11(2)7-13(14)4/h7-8H,5-6,9-10H2,1-4H3,(H,17,18). The number of nitrogens with zero attached hydrogens (tertiary/aromatic N) is 1. The summed E-state index contributed by atoms with van der Waals surface area (Å²) in [5.41, 5.74) is 5.02. The summed E-state index contributed by atoms with van der Waals surface area (Å²) in [5.74, 6) is -0.759. The van der Waals surface area contributed by atoms with Crippen LogP contribution in [0.5, 0.6) is 0 Å². The minimum atomic E-state index is -0.759. The quantitative estimate of drug-likeness (QED) is 0.842. The van der Waals surface area contributed by atoms with Crippen molar-refractivity contribution >= 4 is 5.97 Å². The van der Waals surface area contributed by atoms with Gasteiger partial charge >= 0.3 is 5.97 Å². The molecular weight excluding hydrogens is 226 g/mol. The van der Waals surface area contributed by atoms with Gasteiger partial charge < -0.3 is 5.11 Å². The molecule has 0 unspecified atom stereocenters. The second kappa shape index (κ2) is 6.55. The second-order valence-electron chi connectivity index (χ2n) is 4.97. The molecule has 0 bridgehead atoms. The highest BCUT2D eigenvalue weighted by atomic mass is 16.4. The van der Waals surface area contributed by atoms with Crippen molar-refractivity contribution < 1.29 is 9.90 Å². The monoisotopic (exact) mass is 249 g/mol. The van der Waals surface area contributed by atoms with E-state index in [0.717, 1.165) is 13.0 Å².